The summed E-state index contributed by atoms with van der Waals surface area (Å²) >= 11 is 9.30. The maximum Gasteiger partial charge on any atom is 0.252 e. The molecule has 1 aliphatic carbocycles. The fourth-order valence-corrected chi connectivity index (χ4v) is 3.40. The van der Waals surface area contributed by atoms with Gasteiger partial charge in [-0.1, -0.05) is 39.3 Å². The minimum Gasteiger partial charge on any atom is -0.352 e. The summed E-state index contributed by atoms with van der Waals surface area (Å²) in [6.07, 6.45) is 0. The second kappa shape index (κ2) is 4.78. The summed E-state index contributed by atoms with van der Waals surface area (Å²) in [6.45, 7) is 9.70. The van der Waals surface area contributed by atoms with Crippen LogP contribution >= 0.6 is 27.5 Å². The van der Waals surface area contributed by atoms with E-state index in [0.717, 1.165) is 4.47 Å². The van der Waals surface area contributed by atoms with Gasteiger partial charge in [-0.2, -0.15) is 0 Å². The average molecular weight is 345 g/mol. The van der Waals surface area contributed by atoms with E-state index in [0.29, 0.717) is 23.0 Å². The number of hydrogen-bond acceptors (Lipinski definition) is 1. The molecule has 0 unspecified atom stereocenters. The highest BCUT2D eigenvalue weighted by atomic mass is 79.9. The lowest BCUT2D eigenvalue weighted by Crippen LogP contribution is -2.27. The van der Waals surface area contributed by atoms with Gasteiger partial charge in [0.1, 0.15) is 0 Å². The lowest BCUT2D eigenvalue weighted by atomic mass is 10.0. The van der Waals surface area contributed by atoms with Crippen molar-refractivity contribution < 1.29 is 4.79 Å². The zero-order valence-electron chi connectivity index (χ0n) is 11.7. The average Bonchev–Trinajstić information content (AvgIpc) is 2.70. The van der Waals surface area contributed by atoms with Gasteiger partial charge in [0.25, 0.3) is 5.91 Å². The number of hydrogen-bond donors (Lipinski definition) is 1. The molecule has 1 aliphatic rings. The van der Waals surface area contributed by atoms with Crippen LogP contribution in [-0.4, -0.2) is 12.5 Å². The van der Waals surface area contributed by atoms with Crippen molar-refractivity contribution >= 4 is 33.4 Å². The molecule has 1 aromatic rings. The molecule has 0 heterocycles. The van der Waals surface area contributed by atoms with Crippen molar-refractivity contribution in [1.82, 2.24) is 5.32 Å². The molecule has 0 saturated heterocycles. The number of nitrogens with one attached hydrogen (secondary N) is 1. The second-order valence-electron chi connectivity index (χ2n) is 6.33. The van der Waals surface area contributed by atoms with Crippen LogP contribution in [-0.2, 0) is 0 Å². The van der Waals surface area contributed by atoms with E-state index < -0.39 is 0 Å². The Kier molecular flexibility index (Phi) is 3.74. The van der Waals surface area contributed by atoms with Gasteiger partial charge in [-0.25, -0.2) is 0 Å². The Labute approximate surface area is 128 Å². The van der Waals surface area contributed by atoms with Gasteiger partial charge >= 0.3 is 0 Å². The van der Waals surface area contributed by atoms with Crippen molar-refractivity contribution in [2.24, 2.45) is 16.7 Å². The van der Waals surface area contributed by atoms with E-state index in [1.807, 2.05) is 0 Å². The van der Waals surface area contributed by atoms with Crippen molar-refractivity contribution in [3.8, 4) is 0 Å². The van der Waals surface area contributed by atoms with Gasteiger partial charge < -0.3 is 5.32 Å². The van der Waals surface area contributed by atoms with Gasteiger partial charge in [-0.3, -0.25) is 4.79 Å². The highest BCUT2D eigenvalue weighted by Crippen LogP contribution is 2.67. The highest BCUT2D eigenvalue weighted by molar-refractivity contribution is 9.10. The molecule has 0 bridgehead atoms. The first-order valence-electron chi connectivity index (χ1n) is 6.41. The largest absolute Gasteiger partial charge is 0.352 e. The van der Waals surface area contributed by atoms with Crippen molar-refractivity contribution in [3.63, 3.8) is 0 Å². The number of rotatable bonds is 3. The predicted molar refractivity (Wildman–Crippen MR) is 82.5 cm³/mol. The SMILES string of the molecule is CC1(C)C(CNC(=O)c2cc(Cl)ccc2Br)C1(C)C. The number of halogens is 2. The molecule has 1 saturated carbocycles. The predicted octanol–water partition coefficient (Wildman–Crippen LogP) is 4.51. The molecule has 0 radical (unpaired) electrons. The summed E-state index contributed by atoms with van der Waals surface area (Å²) in [5.74, 6) is 0.440. The number of carbonyl (C=O) groups excluding carboxylic acids is 1. The fourth-order valence-electron chi connectivity index (χ4n) is 2.80. The number of carbonyl (C=O) groups is 1. The fraction of sp³-hybridized carbons (Fsp3) is 0.533. The molecular weight excluding hydrogens is 326 g/mol. The summed E-state index contributed by atoms with van der Waals surface area (Å²) in [5, 5.41) is 3.58. The summed E-state index contributed by atoms with van der Waals surface area (Å²) in [4.78, 5) is 12.2. The summed E-state index contributed by atoms with van der Waals surface area (Å²) in [6, 6.07) is 5.24. The minimum atomic E-state index is -0.0760. The quantitative estimate of drug-likeness (QED) is 0.858. The third-order valence-corrected chi connectivity index (χ3v) is 5.89. The van der Waals surface area contributed by atoms with E-state index in [2.05, 4.69) is 48.9 Å². The molecule has 0 aliphatic heterocycles. The van der Waals surface area contributed by atoms with Crippen LogP contribution in [0, 0.1) is 16.7 Å². The molecular formula is C15H19BrClNO. The topological polar surface area (TPSA) is 29.1 Å². The molecule has 4 heteroatoms. The van der Waals surface area contributed by atoms with E-state index in [-0.39, 0.29) is 16.7 Å². The van der Waals surface area contributed by atoms with Crippen LogP contribution in [0.4, 0.5) is 0 Å². The van der Waals surface area contributed by atoms with Crippen LogP contribution in [0.15, 0.2) is 22.7 Å². The van der Waals surface area contributed by atoms with Crippen LogP contribution in [0.5, 0.6) is 0 Å². The van der Waals surface area contributed by atoms with Crippen molar-refractivity contribution in [2.45, 2.75) is 27.7 Å². The Morgan fingerprint density at radius 1 is 1.32 bits per heavy atom. The normalized spacial score (nSPS) is 20.1. The molecule has 0 aromatic heterocycles. The molecule has 2 nitrogen and oxygen atoms in total. The molecule has 1 N–H and O–H groups in total. The number of amides is 1. The first-order valence-corrected chi connectivity index (χ1v) is 7.58. The van der Waals surface area contributed by atoms with E-state index in [1.165, 1.54) is 0 Å². The first-order chi connectivity index (χ1) is 8.68. The molecule has 19 heavy (non-hydrogen) atoms. The van der Waals surface area contributed by atoms with Crippen molar-refractivity contribution in [2.75, 3.05) is 6.54 Å². The lowest BCUT2D eigenvalue weighted by Gasteiger charge is -2.08. The van der Waals surface area contributed by atoms with Crippen LogP contribution in [0.2, 0.25) is 5.02 Å². The lowest BCUT2D eigenvalue weighted by molar-refractivity contribution is 0.0949. The van der Waals surface area contributed by atoms with Crippen molar-refractivity contribution in [3.05, 3.63) is 33.3 Å². The van der Waals surface area contributed by atoms with Gasteiger partial charge in [0.2, 0.25) is 0 Å². The Bertz CT molecular complexity index is 511. The maximum absolute atomic E-state index is 12.2. The van der Waals surface area contributed by atoms with Crippen LogP contribution in [0.3, 0.4) is 0 Å². The Morgan fingerprint density at radius 2 is 1.89 bits per heavy atom. The standard InChI is InChI=1S/C15H19BrClNO/c1-14(2)12(15(14,3)4)8-18-13(19)10-7-9(17)5-6-11(10)16/h5-7,12H,8H2,1-4H3,(H,18,19). The molecule has 1 aromatic carbocycles. The third kappa shape index (κ3) is 2.55. The van der Waals surface area contributed by atoms with E-state index in [9.17, 15) is 4.79 Å². The van der Waals surface area contributed by atoms with Gasteiger partial charge in [0.15, 0.2) is 0 Å². The molecule has 1 fully saturated rings. The van der Waals surface area contributed by atoms with Gasteiger partial charge in [-0.05, 0) is 50.9 Å². The third-order valence-electron chi connectivity index (χ3n) is 4.96. The van der Waals surface area contributed by atoms with Crippen LogP contribution in [0.25, 0.3) is 0 Å². The molecule has 104 valence electrons. The van der Waals surface area contributed by atoms with E-state index in [1.54, 1.807) is 18.2 Å². The minimum absolute atomic E-state index is 0.0760. The summed E-state index contributed by atoms with van der Waals surface area (Å²) < 4.78 is 0.767. The Hall–Kier alpha value is -0.540. The Balaban J connectivity index is 2.02. The summed E-state index contributed by atoms with van der Waals surface area (Å²) in [5.41, 5.74) is 1.15. The monoisotopic (exact) mass is 343 g/mol. The Morgan fingerprint density at radius 3 is 2.42 bits per heavy atom. The molecule has 2 rings (SSSR count). The van der Waals surface area contributed by atoms with Crippen molar-refractivity contribution in [1.29, 1.82) is 0 Å². The smallest absolute Gasteiger partial charge is 0.252 e. The van der Waals surface area contributed by atoms with Crippen LogP contribution in [0.1, 0.15) is 38.1 Å². The van der Waals surface area contributed by atoms with Gasteiger partial charge in [0, 0.05) is 16.0 Å². The zero-order valence-corrected chi connectivity index (χ0v) is 14.0. The zero-order chi connectivity index (χ0) is 14.4. The van der Waals surface area contributed by atoms with E-state index in [4.69, 9.17) is 11.6 Å². The molecule has 1 amide bonds. The maximum atomic E-state index is 12.2. The van der Waals surface area contributed by atoms with Gasteiger partial charge in [-0.15, -0.1) is 0 Å². The van der Waals surface area contributed by atoms with E-state index >= 15 is 0 Å². The first kappa shape index (κ1) is 14.9. The summed E-state index contributed by atoms with van der Waals surface area (Å²) in [7, 11) is 0. The molecule has 0 atom stereocenters. The van der Waals surface area contributed by atoms with Crippen LogP contribution < -0.4 is 5.32 Å². The molecule has 0 spiro atoms. The van der Waals surface area contributed by atoms with Gasteiger partial charge in [0.05, 0.1) is 5.56 Å². The number of benzene rings is 1. The second-order valence-corrected chi connectivity index (χ2v) is 7.62. The highest BCUT2D eigenvalue weighted by Gasteiger charge is 2.64.